The quantitative estimate of drug-likeness (QED) is 0.755. The highest BCUT2D eigenvalue weighted by Gasteiger charge is 2.20. The fourth-order valence-electron chi connectivity index (χ4n) is 2.24. The molecule has 0 saturated heterocycles. The summed E-state index contributed by atoms with van der Waals surface area (Å²) < 4.78 is 10.4. The lowest BCUT2D eigenvalue weighted by atomic mass is 10.0. The summed E-state index contributed by atoms with van der Waals surface area (Å²) in [5, 5.41) is 3.34. The van der Waals surface area contributed by atoms with Crippen molar-refractivity contribution in [2.75, 3.05) is 26.9 Å². The third-order valence-electron chi connectivity index (χ3n) is 3.21. The van der Waals surface area contributed by atoms with E-state index in [2.05, 4.69) is 24.1 Å². The number of ether oxygens (including phenoxy) is 2. The van der Waals surface area contributed by atoms with Crippen molar-refractivity contribution in [2.45, 2.75) is 39.3 Å². The molecule has 0 amide bonds. The molecule has 0 spiro atoms. The van der Waals surface area contributed by atoms with Crippen LogP contribution in [0.5, 0.6) is 0 Å². The van der Waals surface area contributed by atoms with Gasteiger partial charge in [-0.1, -0.05) is 13.8 Å². The zero-order valence-electron chi connectivity index (χ0n) is 12.0. The summed E-state index contributed by atoms with van der Waals surface area (Å²) in [4.78, 5) is 9.33. The highest BCUT2D eigenvalue weighted by Crippen LogP contribution is 2.23. The lowest BCUT2D eigenvalue weighted by Gasteiger charge is -2.12. The van der Waals surface area contributed by atoms with Crippen molar-refractivity contribution in [1.29, 1.82) is 0 Å². The Balaban J connectivity index is 1.99. The van der Waals surface area contributed by atoms with E-state index in [1.165, 1.54) is 11.3 Å². The van der Waals surface area contributed by atoms with E-state index in [1.807, 2.05) is 0 Å². The maximum absolute atomic E-state index is 5.48. The molecule has 0 bridgehead atoms. The molecule has 1 aromatic heterocycles. The van der Waals surface area contributed by atoms with Crippen molar-refractivity contribution in [2.24, 2.45) is 0 Å². The van der Waals surface area contributed by atoms with Gasteiger partial charge in [-0.2, -0.15) is 0 Å². The molecule has 5 nitrogen and oxygen atoms in total. The summed E-state index contributed by atoms with van der Waals surface area (Å²) in [5.74, 6) is 1.33. The Morgan fingerprint density at radius 3 is 2.74 bits per heavy atom. The van der Waals surface area contributed by atoms with Gasteiger partial charge in [-0.05, 0) is 5.92 Å². The SMILES string of the molecule is COCCOCCc1nc2c(c(C(C)C)n1)CNC2. The van der Waals surface area contributed by atoms with E-state index >= 15 is 0 Å². The molecule has 0 radical (unpaired) electrons. The van der Waals surface area contributed by atoms with Crippen LogP contribution in [0.1, 0.15) is 42.5 Å². The average molecular weight is 265 g/mol. The van der Waals surface area contributed by atoms with Crippen molar-refractivity contribution in [1.82, 2.24) is 15.3 Å². The van der Waals surface area contributed by atoms with Crippen LogP contribution in [0.3, 0.4) is 0 Å². The lowest BCUT2D eigenvalue weighted by molar-refractivity contribution is 0.0716. The molecule has 1 aliphatic heterocycles. The minimum atomic E-state index is 0.435. The Morgan fingerprint density at radius 1 is 1.16 bits per heavy atom. The van der Waals surface area contributed by atoms with E-state index in [-0.39, 0.29) is 0 Å². The van der Waals surface area contributed by atoms with E-state index in [1.54, 1.807) is 7.11 Å². The van der Waals surface area contributed by atoms with Gasteiger partial charge < -0.3 is 14.8 Å². The minimum Gasteiger partial charge on any atom is -0.382 e. The predicted octanol–water partition coefficient (Wildman–Crippen LogP) is 1.41. The van der Waals surface area contributed by atoms with Crippen LogP contribution in [0, 0.1) is 0 Å². The summed E-state index contributed by atoms with van der Waals surface area (Å²) in [6.07, 6.45) is 0.761. The first-order chi connectivity index (χ1) is 9.22. The molecule has 1 aromatic rings. The fourth-order valence-corrected chi connectivity index (χ4v) is 2.24. The van der Waals surface area contributed by atoms with Gasteiger partial charge in [0.1, 0.15) is 5.82 Å². The van der Waals surface area contributed by atoms with Gasteiger partial charge >= 0.3 is 0 Å². The number of fused-ring (bicyclic) bond motifs is 1. The topological polar surface area (TPSA) is 56.3 Å². The zero-order chi connectivity index (χ0) is 13.7. The molecule has 0 unspecified atom stereocenters. The van der Waals surface area contributed by atoms with Crippen LogP contribution in [0.4, 0.5) is 0 Å². The van der Waals surface area contributed by atoms with Gasteiger partial charge in [0.05, 0.1) is 31.2 Å². The molecule has 0 aromatic carbocycles. The van der Waals surface area contributed by atoms with Crippen molar-refractivity contribution in [3.63, 3.8) is 0 Å². The molecule has 2 heterocycles. The molecule has 106 valence electrons. The van der Waals surface area contributed by atoms with E-state index in [4.69, 9.17) is 14.5 Å². The molecule has 1 N–H and O–H groups in total. The first-order valence-corrected chi connectivity index (χ1v) is 6.88. The monoisotopic (exact) mass is 265 g/mol. The summed E-state index contributed by atoms with van der Waals surface area (Å²) in [5.41, 5.74) is 3.63. The van der Waals surface area contributed by atoms with Crippen LogP contribution < -0.4 is 5.32 Å². The molecule has 0 fully saturated rings. The molecule has 19 heavy (non-hydrogen) atoms. The van der Waals surface area contributed by atoms with E-state index in [0.29, 0.717) is 25.7 Å². The number of nitrogens with one attached hydrogen (secondary N) is 1. The molecule has 0 atom stereocenters. The second kappa shape index (κ2) is 6.93. The smallest absolute Gasteiger partial charge is 0.131 e. The van der Waals surface area contributed by atoms with Gasteiger partial charge in [0, 0.05) is 32.2 Å². The van der Waals surface area contributed by atoms with Crippen molar-refractivity contribution in [3.8, 4) is 0 Å². The lowest BCUT2D eigenvalue weighted by Crippen LogP contribution is -2.11. The molecule has 5 heteroatoms. The standard InChI is InChI=1S/C14H23N3O2/c1-10(2)14-11-8-15-9-12(11)16-13(17-14)4-5-19-7-6-18-3/h10,15H,4-9H2,1-3H3. The zero-order valence-corrected chi connectivity index (χ0v) is 12.0. The van der Waals surface area contributed by atoms with Crippen molar-refractivity contribution >= 4 is 0 Å². The summed E-state index contributed by atoms with van der Waals surface area (Å²) in [6, 6.07) is 0. The third kappa shape index (κ3) is 3.72. The average Bonchev–Trinajstić information content (AvgIpc) is 2.85. The Kier molecular flexibility index (Phi) is 5.24. The maximum atomic E-state index is 5.48. The summed E-state index contributed by atoms with van der Waals surface area (Å²) in [7, 11) is 1.68. The molecule has 1 aliphatic rings. The Hall–Kier alpha value is -1.04. The van der Waals surface area contributed by atoms with Crippen molar-refractivity contribution in [3.05, 3.63) is 22.8 Å². The molecule has 2 rings (SSSR count). The molecule has 0 saturated carbocycles. The Bertz CT molecular complexity index is 421. The number of hydrogen-bond donors (Lipinski definition) is 1. The molecular formula is C14H23N3O2. The predicted molar refractivity (Wildman–Crippen MR) is 73.1 cm³/mol. The van der Waals surface area contributed by atoms with E-state index in [9.17, 15) is 0 Å². The van der Waals surface area contributed by atoms with Crippen molar-refractivity contribution < 1.29 is 9.47 Å². The van der Waals surface area contributed by atoms with Crippen LogP contribution in [0.15, 0.2) is 0 Å². The van der Waals surface area contributed by atoms with Gasteiger partial charge in [0.25, 0.3) is 0 Å². The number of rotatable bonds is 7. The number of methoxy groups -OCH3 is 1. The number of aromatic nitrogens is 2. The normalized spacial score (nSPS) is 14.1. The molecular weight excluding hydrogens is 242 g/mol. The molecule has 0 aliphatic carbocycles. The fraction of sp³-hybridized carbons (Fsp3) is 0.714. The van der Waals surface area contributed by atoms with Gasteiger partial charge in [0.15, 0.2) is 0 Å². The second-order valence-electron chi connectivity index (χ2n) is 5.06. The number of hydrogen-bond acceptors (Lipinski definition) is 5. The summed E-state index contributed by atoms with van der Waals surface area (Å²) >= 11 is 0. The third-order valence-corrected chi connectivity index (χ3v) is 3.21. The van der Waals surface area contributed by atoms with Gasteiger partial charge in [-0.3, -0.25) is 0 Å². The maximum Gasteiger partial charge on any atom is 0.131 e. The van der Waals surface area contributed by atoms with Crippen LogP contribution in [-0.2, 0) is 29.0 Å². The van der Waals surface area contributed by atoms with Crippen LogP contribution in [0.2, 0.25) is 0 Å². The van der Waals surface area contributed by atoms with E-state index < -0.39 is 0 Å². The largest absolute Gasteiger partial charge is 0.382 e. The van der Waals surface area contributed by atoms with Crippen LogP contribution in [-0.4, -0.2) is 36.9 Å². The second-order valence-corrected chi connectivity index (χ2v) is 5.06. The first kappa shape index (κ1) is 14.4. The Labute approximate surface area is 114 Å². The van der Waals surface area contributed by atoms with Crippen LogP contribution in [0.25, 0.3) is 0 Å². The Morgan fingerprint density at radius 2 is 2.00 bits per heavy atom. The van der Waals surface area contributed by atoms with Gasteiger partial charge in [-0.25, -0.2) is 9.97 Å². The highest BCUT2D eigenvalue weighted by atomic mass is 16.5. The van der Waals surface area contributed by atoms with Gasteiger partial charge in [0.2, 0.25) is 0 Å². The van der Waals surface area contributed by atoms with Crippen LogP contribution >= 0.6 is 0 Å². The first-order valence-electron chi connectivity index (χ1n) is 6.88. The minimum absolute atomic E-state index is 0.435. The summed E-state index contributed by atoms with van der Waals surface area (Å²) in [6.45, 7) is 8.02. The number of nitrogens with zero attached hydrogens (tertiary/aromatic N) is 2. The van der Waals surface area contributed by atoms with Gasteiger partial charge in [-0.15, -0.1) is 0 Å². The highest BCUT2D eigenvalue weighted by molar-refractivity contribution is 5.31. The van der Waals surface area contributed by atoms with E-state index in [0.717, 1.165) is 31.0 Å².